The molecule has 0 fully saturated rings. The van der Waals surface area contributed by atoms with E-state index in [0.29, 0.717) is 12.4 Å². The number of carboxylic acids is 1. The number of benzene rings is 1. The van der Waals surface area contributed by atoms with Gasteiger partial charge in [0.1, 0.15) is 23.7 Å². The van der Waals surface area contributed by atoms with Crippen molar-refractivity contribution in [3.05, 3.63) is 24.3 Å². The van der Waals surface area contributed by atoms with Crippen LogP contribution in [0.1, 0.15) is 59.8 Å². The molecule has 0 aromatic heterocycles. The van der Waals surface area contributed by atoms with E-state index in [9.17, 15) is 14.7 Å². The highest BCUT2D eigenvalue weighted by Gasteiger charge is 2.24. The normalized spacial score (nSPS) is 12.1. The molecule has 0 unspecified atom stereocenters. The molecule has 1 aromatic rings. The molecule has 2 N–H and O–H groups in total. The van der Waals surface area contributed by atoms with E-state index >= 15 is 0 Å². The van der Waals surface area contributed by atoms with E-state index in [4.69, 9.17) is 14.2 Å². The zero-order chi connectivity index (χ0) is 21.0. The number of aliphatic carboxylic acids is 1. The predicted molar refractivity (Wildman–Crippen MR) is 107 cm³/mol. The van der Waals surface area contributed by atoms with Crippen molar-refractivity contribution in [1.29, 1.82) is 0 Å². The minimum absolute atomic E-state index is 0.216. The van der Waals surface area contributed by atoms with Crippen LogP contribution in [-0.2, 0) is 9.53 Å². The molecule has 28 heavy (non-hydrogen) atoms. The highest BCUT2D eigenvalue weighted by atomic mass is 16.6. The highest BCUT2D eigenvalue weighted by Crippen LogP contribution is 2.18. The van der Waals surface area contributed by atoms with Crippen LogP contribution in [0.4, 0.5) is 4.79 Å². The first kappa shape index (κ1) is 23.6. The molecular formula is C21H33NO6. The summed E-state index contributed by atoms with van der Waals surface area (Å²) in [6.45, 7) is 7.75. The molecule has 7 heteroatoms. The summed E-state index contributed by atoms with van der Waals surface area (Å²) in [5, 5.41) is 11.5. The molecular weight excluding hydrogens is 362 g/mol. The average molecular weight is 395 g/mol. The smallest absolute Gasteiger partial charge is 0.408 e. The van der Waals surface area contributed by atoms with Gasteiger partial charge < -0.3 is 24.6 Å². The van der Waals surface area contributed by atoms with E-state index in [-0.39, 0.29) is 6.61 Å². The second-order valence-corrected chi connectivity index (χ2v) is 7.58. The summed E-state index contributed by atoms with van der Waals surface area (Å²) in [5.74, 6) is 0.0333. The number of carbonyl (C=O) groups is 2. The standard InChI is InChI=1S/C21H33NO6/c1-5-6-7-8-9-14-26-16-10-12-17(13-11-16)27-15-18(19(23)24)22-20(25)28-21(2,3)4/h10-13,18H,5-9,14-15H2,1-4H3,(H,22,25)(H,23,24)/t18-/m1/s1. The number of amides is 1. The van der Waals surface area contributed by atoms with Crippen molar-refractivity contribution in [1.82, 2.24) is 5.32 Å². The van der Waals surface area contributed by atoms with Gasteiger partial charge in [-0.25, -0.2) is 9.59 Å². The van der Waals surface area contributed by atoms with Gasteiger partial charge in [0.25, 0.3) is 0 Å². The fourth-order valence-electron chi connectivity index (χ4n) is 2.33. The summed E-state index contributed by atoms with van der Waals surface area (Å²) < 4.78 is 16.2. The molecule has 7 nitrogen and oxygen atoms in total. The van der Waals surface area contributed by atoms with Crippen molar-refractivity contribution in [3.8, 4) is 11.5 Å². The third-order valence-electron chi connectivity index (χ3n) is 3.75. The quantitative estimate of drug-likeness (QED) is 0.510. The SMILES string of the molecule is CCCCCCCOc1ccc(OC[C@@H](NC(=O)OC(C)(C)C)C(=O)O)cc1. The lowest BCUT2D eigenvalue weighted by molar-refractivity contribution is -0.140. The Morgan fingerprint density at radius 1 is 1.00 bits per heavy atom. The van der Waals surface area contributed by atoms with Crippen molar-refractivity contribution >= 4 is 12.1 Å². The Hall–Kier alpha value is -2.44. The van der Waals surface area contributed by atoms with Gasteiger partial charge >= 0.3 is 12.1 Å². The molecule has 158 valence electrons. The molecule has 0 bridgehead atoms. The summed E-state index contributed by atoms with van der Waals surface area (Å²) >= 11 is 0. The Labute approximate surface area is 167 Å². The maximum Gasteiger partial charge on any atom is 0.408 e. The number of hydrogen-bond acceptors (Lipinski definition) is 5. The molecule has 0 saturated heterocycles. The van der Waals surface area contributed by atoms with Crippen LogP contribution in [0, 0.1) is 0 Å². The van der Waals surface area contributed by atoms with Crippen LogP contribution in [0.5, 0.6) is 11.5 Å². The van der Waals surface area contributed by atoms with Crippen LogP contribution >= 0.6 is 0 Å². The lowest BCUT2D eigenvalue weighted by Gasteiger charge is -2.22. The maximum atomic E-state index is 11.7. The predicted octanol–water partition coefficient (Wildman–Crippen LogP) is 4.39. The number of unbranched alkanes of at least 4 members (excludes halogenated alkanes) is 4. The van der Waals surface area contributed by atoms with Gasteiger partial charge in [-0.15, -0.1) is 0 Å². The molecule has 0 radical (unpaired) electrons. The number of ether oxygens (including phenoxy) is 3. The molecule has 0 aliphatic heterocycles. The fourth-order valence-corrected chi connectivity index (χ4v) is 2.33. The lowest BCUT2D eigenvalue weighted by Crippen LogP contribution is -2.46. The second-order valence-electron chi connectivity index (χ2n) is 7.58. The maximum absolute atomic E-state index is 11.7. The van der Waals surface area contributed by atoms with E-state index in [1.165, 1.54) is 19.3 Å². The van der Waals surface area contributed by atoms with E-state index < -0.39 is 23.7 Å². The van der Waals surface area contributed by atoms with Crippen molar-refractivity contribution in [2.45, 2.75) is 71.4 Å². The van der Waals surface area contributed by atoms with E-state index in [1.807, 2.05) is 0 Å². The molecule has 1 amide bonds. The van der Waals surface area contributed by atoms with Crippen molar-refractivity contribution in [2.75, 3.05) is 13.2 Å². The third kappa shape index (κ3) is 10.6. The van der Waals surface area contributed by atoms with Gasteiger partial charge in [-0.3, -0.25) is 0 Å². The van der Waals surface area contributed by atoms with Gasteiger partial charge in [0, 0.05) is 0 Å². The molecule has 1 atom stereocenters. The Morgan fingerprint density at radius 2 is 1.57 bits per heavy atom. The number of alkyl carbamates (subject to hydrolysis) is 1. The van der Waals surface area contributed by atoms with Gasteiger partial charge in [-0.2, -0.15) is 0 Å². The number of carbonyl (C=O) groups excluding carboxylic acids is 1. The third-order valence-corrected chi connectivity index (χ3v) is 3.75. The monoisotopic (exact) mass is 395 g/mol. The van der Waals surface area contributed by atoms with Gasteiger partial charge in [0.2, 0.25) is 0 Å². The van der Waals surface area contributed by atoms with Gasteiger partial charge in [0.05, 0.1) is 6.61 Å². The summed E-state index contributed by atoms with van der Waals surface area (Å²) in [6, 6.07) is 5.75. The van der Waals surface area contributed by atoms with Crippen LogP contribution < -0.4 is 14.8 Å². The van der Waals surface area contributed by atoms with Crippen molar-refractivity contribution in [3.63, 3.8) is 0 Å². The molecule has 0 spiro atoms. The fraction of sp³-hybridized carbons (Fsp3) is 0.619. The highest BCUT2D eigenvalue weighted by molar-refractivity contribution is 5.80. The minimum Gasteiger partial charge on any atom is -0.494 e. The van der Waals surface area contributed by atoms with Crippen LogP contribution in [0.25, 0.3) is 0 Å². The van der Waals surface area contributed by atoms with Crippen molar-refractivity contribution < 1.29 is 28.9 Å². The molecule has 0 heterocycles. The first-order valence-corrected chi connectivity index (χ1v) is 9.79. The molecule has 0 aliphatic carbocycles. The Morgan fingerprint density at radius 3 is 2.11 bits per heavy atom. The number of rotatable bonds is 12. The first-order valence-electron chi connectivity index (χ1n) is 9.79. The molecule has 0 aliphatic rings. The molecule has 1 rings (SSSR count). The number of hydrogen-bond donors (Lipinski definition) is 2. The lowest BCUT2D eigenvalue weighted by atomic mass is 10.2. The van der Waals surface area contributed by atoms with Gasteiger partial charge in [-0.05, 0) is 51.5 Å². The minimum atomic E-state index is -1.21. The van der Waals surface area contributed by atoms with Crippen molar-refractivity contribution in [2.24, 2.45) is 0 Å². The number of nitrogens with one attached hydrogen (secondary N) is 1. The summed E-state index contributed by atoms with van der Waals surface area (Å²) in [7, 11) is 0. The Kier molecular flexibility index (Phi) is 10.2. The van der Waals surface area contributed by atoms with E-state index in [1.54, 1.807) is 45.0 Å². The van der Waals surface area contributed by atoms with Gasteiger partial charge in [-0.1, -0.05) is 32.6 Å². The zero-order valence-electron chi connectivity index (χ0n) is 17.3. The largest absolute Gasteiger partial charge is 0.494 e. The molecule has 0 saturated carbocycles. The van der Waals surface area contributed by atoms with E-state index in [2.05, 4.69) is 12.2 Å². The van der Waals surface area contributed by atoms with Crippen LogP contribution in [0.3, 0.4) is 0 Å². The number of carboxylic acid groups (broad SMARTS) is 1. The topological polar surface area (TPSA) is 94.1 Å². The summed E-state index contributed by atoms with van der Waals surface area (Å²) in [5.41, 5.74) is -0.709. The van der Waals surface area contributed by atoms with Crippen LogP contribution in [0.15, 0.2) is 24.3 Å². The molecule has 1 aromatic carbocycles. The first-order chi connectivity index (χ1) is 13.2. The van der Waals surface area contributed by atoms with E-state index in [0.717, 1.165) is 18.6 Å². The van der Waals surface area contributed by atoms with Gasteiger partial charge in [0.15, 0.2) is 6.04 Å². The Bertz CT molecular complexity index is 594. The Balaban J connectivity index is 2.41. The average Bonchev–Trinajstić information content (AvgIpc) is 2.61. The zero-order valence-corrected chi connectivity index (χ0v) is 17.3. The second kappa shape index (κ2) is 12.1. The van der Waals surface area contributed by atoms with Crippen LogP contribution in [-0.4, -0.2) is 42.0 Å². The summed E-state index contributed by atoms with van der Waals surface area (Å²) in [6.07, 6.45) is 5.09. The van der Waals surface area contributed by atoms with Crippen LogP contribution in [0.2, 0.25) is 0 Å². The summed E-state index contributed by atoms with van der Waals surface area (Å²) in [4.78, 5) is 23.1.